The third-order valence-electron chi connectivity index (χ3n) is 2.66. The molecule has 0 amide bonds. The predicted octanol–water partition coefficient (Wildman–Crippen LogP) is 3.24. The fourth-order valence-electron chi connectivity index (χ4n) is 1.85. The molecule has 4 heteroatoms. The van der Waals surface area contributed by atoms with Crippen LogP contribution in [0.25, 0.3) is 0 Å². The van der Waals surface area contributed by atoms with Gasteiger partial charge in [0.1, 0.15) is 11.8 Å². The zero-order chi connectivity index (χ0) is 13.7. The molecule has 2 N–H and O–H groups in total. The Kier molecular flexibility index (Phi) is 4.58. The second-order valence-electron chi connectivity index (χ2n) is 4.63. The van der Waals surface area contributed by atoms with Crippen LogP contribution in [-0.2, 0) is 0 Å². The molecule has 0 bridgehead atoms. The minimum Gasteiger partial charge on any atom is -0.467 e. The maximum absolute atomic E-state index is 5.51. The van der Waals surface area contributed by atoms with Crippen molar-refractivity contribution in [2.45, 2.75) is 25.9 Å². The van der Waals surface area contributed by atoms with E-state index in [1.54, 1.807) is 6.26 Å². The Morgan fingerprint density at radius 1 is 1.05 bits per heavy atom. The minimum absolute atomic E-state index is 0.0741. The summed E-state index contributed by atoms with van der Waals surface area (Å²) in [6, 6.07) is 14.2. The SMILES string of the molecule is CC(C)NC(=S)N[C@@H](c1ccccc1)c1ccco1. The van der Waals surface area contributed by atoms with Crippen LogP contribution < -0.4 is 10.6 Å². The van der Waals surface area contributed by atoms with E-state index in [-0.39, 0.29) is 6.04 Å². The third kappa shape index (κ3) is 3.83. The largest absolute Gasteiger partial charge is 0.467 e. The molecule has 0 aliphatic carbocycles. The number of hydrogen-bond donors (Lipinski definition) is 2. The Hall–Kier alpha value is -1.81. The molecule has 0 aliphatic rings. The van der Waals surface area contributed by atoms with Crippen molar-refractivity contribution in [3.05, 3.63) is 60.1 Å². The van der Waals surface area contributed by atoms with Gasteiger partial charge in [0.05, 0.1) is 6.26 Å². The Bertz CT molecular complexity index is 508. The number of benzene rings is 1. The van der Waals surface area contributed by atoms with Crippen molar-refractivity contribution in [2.24, 2.45) is 0 Å². The van der Waals surface area contributed by atoms with Crippen molar-refractivity contribution in [1.29, 1.82) is 0 Å². The summed E-state index contributed by atoms with van der Waals surface area (Å²) in [5, 5.41) is 7.10. The van der Waals surface area contributed by atoms with E-state index in [1.165, 1.54) is 0 Å². The molecule has 1 atom stereocenters. The zero-order valence-corrected chi connectivity index (χ0v) is 11.9. The van der Waals surface area contributed by atoms with Crippen molar-refractivity contribution in [1.82, 2.24) is 10.6 Å². The Balaban J connectivity index is 2.19. The van der Waals surface area contributed by atoms with Gasteiger partial charge in [-0.3, -0.25) is 0 Å². The van der Waals surface area contributed by atoms with Crippen LogP contribution in [0.5, 0.6) is 0 Å². The summed E-state index contributed by atoms with van der Waals surface area (Å²) in [6.45, 7) is 4.11. The average Bonchev–Trinajstić information content (AvgIpc) is 2.90. The fourth-order valence-corrected chi connectivity index (χ4v) is 2.21. The minimum atomic E-state index is -0.0741. The topological polar surface area (TPSA) is 37.2 Å². The molecule has 0 aliphatic heterocycles. The molecule has 0 fully saturated rings. The van der Waals surface area contributed by atoms with E-state index in [0.717, 1.165) is 11.3 Å². The van der Waals surface area contributed by atoms with E-state index in [9.17, 15) is 0 Å². The number of furan rings is 1. The first-order chi connectivity index (χ1) is 9.16. The molecule has 1 aromatic heterocycles. The van der Waals surface area contributed by atoms with E-state index in [2.05, 4.69) is 36.6 Å². The van der Waals surface area contributed by atoms with Crippen LogP contribution in [0.2, 0.25) is 0 Å². The molecular weight excluding hydrogens is 256 g/mol. The van der Waals surface area contributed by atoms with Gasteiger partial charge in [-0.2, -0.15) is 0 Å². The van der Waals surface area contributed by atoms with Crippen molar-refractivity contribution in [3.63, 3.8) is 0 Å². The molecule has 0 spiro atoms. The summed E-state index contributed by atoms with van der Waals surface area (Å²) in [6.07, 6.45) is 1.67. The van der Waals surface area contributed by atoms with Gasteiger partial charge in [-0.05, 0) is 43.8 Å². The van der Waals surface area contributed by atoms with Gasteiger partial charge in [-0.1, -0.05) is 30.3 Å². The van der Waals surface area contributed by atoms with Gasteiger partial charge >= 0.3 is 0 Å². The van der Waals surface area contributed by atoms with Gasteiger partial charge in [0.15, 0.2) is 5.11 Å². The molecule has 2 aromatic rings. The summed E-state index contributed by atoms with van der Waals surface area (Å²) >= 11 is 5.32. The Morgan fingerprint density at radius 3 is 2.37 bits per heavy atom. The van der Waals surface area contributed by atoms with E-state index in [4.69, 9.17) is 16.6 Å². The molecule has 1 aromatic carbocycles. The number of thiocarbonyl (C=S) groups is 1. The maximum atomic E-state index is 5.51. The Morgan fingerprint density at radius 2 is 1.79 bits per heavy atom. The average molecular weight is 274 g/mol. The lowest BCUT2D eigenvalue weighted by Crippen LogP contribution is -2.41. The molecule has 0 saturated carbocycles. The summed E-state index contributed by atoms with van der Waals surface area (Å²) in [4.78, 5) is 0. The van der Waals surface area contributed by atoms with Crippen molar-refractivity contribution < 1.29 is 4.42 Å². The molecule has 19 heavy (non-hydrogen) atoms. The summed E-state index contributed by atoms with van der Waals surface area (Å²) in [5.74, 6) is 0.846. The van der Waals surface area contributed by atoms with E-state index in [1.807, 2.05) is 30.3 Å². The van der Waals surface area contributed by atoms with Crippen LogP contribution in [0.15, 0.2) is 53.1 Å². The van der Waals surface area contributed by atoms with Gasteiger partial charge in [0.2, 0.25) is 0 Å². The summed E-state index contributed by atoms with van der Waals surface area (Å²) in [7, 11) is 0. The molecule has 0 saturated heterocycles. The quantitative estimate of drug-likeness (QED) is 0.839. The van der Waals surface area contributed by atoms with Gasteiger partial charge in [0.25, 0.3) is 0 Å². The highest BCUT2D eigenvalue weighted by atomic mass is 32.1. The van der Waals surface area contributed by atoms with Crippen LogP contribution in [0.1, 0.15) is 31.2 Å². The van der Waals surface area contributed by atoms with E-state index < -0.39 is 0 Å². The van der Waals surface area contributed by atoms with Gasteiger partial charge in [-0.25, -0.2) is 0 Å². The van der Waals surface area contributed by atoms with Gasteiger partial charge < -0.3 is 15.1 Å². The predicted molar refractivity (Wildman–Crippen MR) is 81.0 cm³/mol. The molecule has 0 unspecified atom stereocenters. The monoisotopic (exact) mass is 274 g/mol. The number of nitrogens with one attached hydrogen (secondary N) is 2. The lowest BCUT2D eigenvalue weighted by atomic mass is 10.1. The highest BCUT2D eigenvalue weighted by Gasteiger charge is 2.17. The summed E-state index contributed by atoms with van der Waals surface area (Å²) < 4.78 is 5.51. The smallest absolute Gasteiger partial charge is 0.167 e. The summed E-state index contributed by atoms with van der Waals surface area (Å²) in [5.41, 5.74) is 1.12. The first-order valence-corrected chi connectivity index (χ1v) is 6.73. The van der Waals surface area contributed by atoms with Crippen molar-refractivity contribution in [3.8, 4) is 0 Å². The second-order valence-corrected chi connectivity index (χ2v) is 5.04. The molecule has 100 valence electrons. The first kappa shape index (κ1) is 13.6. The zero-order valence-electron chi connectivity index (χ0n) is 11.1. The van der Waals surface area contributed by atoms with Gasteiger partial charge in [-0.15, -0.1) is 0 Å². The maximum Gasteiger partial charge on any atom is 0.167 e. The Labute approximate surface area is 119 Å². The lowest BCUT2D eigenvalue weighted by Gasteiger charge is -2.20. The molecule has 3 nitrogen and oxygen atoms in total. The highest BCUT2D eigenvalue weighted by molar-refractivity contribution is 7.80. The third-order valence-corrected chi connectivity index (χ3v) is 2.89. The van der Waals surface area contributed by atoms with Crippen LogP contribution in [0.4, 0.5) is 0 Å². The number of rotatable bonds is 4. The van der Waals surface area contributed by atoms with Crippen LogP contribution in [0, 0.1) is 0 Å². The van der Waals surface area contributed by atoms with Crippen LogP contribution in [0.3, 0.4) is 0 Å². The second kappa shape index (κ2) is 6.38. The first-order valence-electron chi connectivity index (χ1n) is 6.32. The van der Waals surface area contributed by atoms with Crippen molar-refractivity contribution >= 4 is 17.3 Å². The van der Waals surface area contributed by atoms with Crippen LogP contribution >= 0.6 is 12.2 Å². The van der Waals surface area contributed by atoms with Crippen LogP contribution in [-0.4, -0.2) is 11.2 Å². The molecule has 2 rings (SSSR count). The lowest BCUT2D eigenvalue weighted by molar-refractivity contribution is 0.473. The van der Waals surface area contributed by atoms with E-state index in [0.29, 0.717) is 11.2 Å². The van der Waals surface area contributed by atoms with Gasteiger partial charge in [0, 0.05) is 6.04 Å². The standard InChI is InChI=1S/C15H18N2OS/c1-11(2)16-15(19)17-14(13-9-6-10-18-13)12-7-4-3-5-8-12/h3-11,14H,1-2H3,(H2,16,17,19)/t14-/m0/s1. The number of hydrogen-bond acceptors (Lipinski definition) is 2. The molecular formula is C15H18N2OS. The van der Waals surface area contributed by atoms with Crippen molar-refractivity contribution in [2.75, 3.05) is 0 Å². The fraction of sp³-hybridized carbons (Fsp3) is 0.267. The normalized spacial score (nSPS) is 12.2. The molecule has 1 heterocycles. The molecule has 0 radical (unpaired) electrons. The van der Waals surface area contributed by atoms with E-state index >= 15 is 0 Å². The highest BCUT2D eigenvalue weighted by Crippen LogP contribution is 2.22.